The first kappa shape index (κ1) is 19.0. The summed E-state index contributed by atoms with van der Waals surface area (Å²) < 4.78 is 43.9. The fraction of sp³-hybridized carbons (Fsp3) is 0.188. The van der Waals surface area contributed by atoms with Gasteiger partial charge in [-0.1, -0.05) is 29.8 Å². The van der Waals surface area contributed by atoms with Crippen LogP contribution < -0.4 is 5.32 Å². The fourth-order valence-electron chi connectivity index (χ4n) is 1.85. The zero-order chi connectivity index (χ0) is 17.7. The number of carbonyl (C=O) groups is 1. The smallest absolute Gasteiger partial charge is 0.367 e. The molecule has 24 heavy (non-hydrogen) atoms. The van der Waals surface area contributed by atoms with E-state index in [2.05, 4.69) is 5.32 Å². The largest absolute Gasteiger partial charge is 0.416 e. The molecule has 0 saturated heterocycles. The Hall–Kier alpha value is -1.32. The molecule has 3 nitrogen and oxygen atoms in total. The van der Waals surface area contributed by atoms with E-state index in [0.29, 0.717) is 8.59 Å². The maximum atomic E-state index is 12.7. The Kier molecular flexibility index (Phi) is 6.47. The second-order valence-electron chi connectivity index (χ2n) is 4.82. The summed E-state index contributed by atoms with van der Waals surface area (Å²) in [5, 5.41) is 2.94. The molecule has 128 valence electrons. The van der Waals surface area contributed by atoms with Crippen molar-refractivity contribution in [3.05, 3.63) is 62.2 Å². The lowest BCUT2D eigenvalue weighted by Crippen LogP contribution is -2.19. The Morgan fingerprint density at radius 1 is 1.21 bits per heavy atom. The number of nitrogens with one attached hydrogen (secondary N) is 1. The number of rotatable bonds is 5. The molecule has 8 heteroatoms. The number of benzene rings is 2. The molecule has 0 radical (unpaired) electrons. The number of hydrogen-bond donors (Lipinski definition) is 1. The summed E-state index contributed by atoms with van der Waals surface area (Å²) in [5.41, 5.74) is -0.00686. The maximum absolute atomic E-state index is 12.7. The van der Waals surface area contributed by atoms with Crippen LogP contribution >= 0.6 is 34.2 Å². The normalized spacial score (nSPS) is 11.4. The molecule has 0 unspecified atom stereocenters. The van der Waals surface area contributed by atoms with E-state index in [9.17, 15) is 18.0 Å². The Balaban J connectivity index is 1.94. The standard InChI is InChI=1S/C16H12ClF3INO2/c17-12-4-2-1-3-10(12)8-24-9-15(23)22-14-7-11(16(18,19)20)5-6-13(14)21/h1-7H,8-9H2,(H,22,23). The summed E-state index contributed by atoms with van der Waals surface area (Å²) in [6.07, 6.45) is -4.47. The minimum absolute atomic E-state index is 0.0942. The van der Waals surface area contributed by atoms with Gasteiger partial charge in [0.15, 0.2) is 0 Å². The second-order valence-corrected chi connectivity index (χ2v) is 6.39. The summed E-state index contributed by atoms with van der Waals surface area (Å²) in [5.74, 6) is -0.542. The third kappa shape index (κ3) is 5.35. The molecule has 0 saturated carbocycles. The van der Waals surface area contributed by atoms with Crippen molar-refractivity contribution in [2.45, 2.75) is 12.8 Å². The van der Waals surface area contributed by atoms with Crippen molar-refractivity contribution in [1.29, 1.82) is 0 Å². The number of ether oxygens (including phenoxy) is 1. The van der Waals surface area contributed by atoms with Gasteiger partial charge in [-0.25, -0.2) is 0 Å². The first-order chi connectivity index (χ1) is 11.3. The summed E-state index contributed by atoms with van der Waals surface area (Å²) >= 11 is 7.81. The molecule has 0 heterocycles. The number of alkyl halides is 3. The molecule has 0 bridgehead atoms. The first-order valence-corrected chi connectivity index (χ1v) is 8.21. The van der Waals surface area contributed by atoms with Crippen molar-refractivity contribution in [3.63, 3.8) is 0 Å². The average Bonchev–Trinajstić information content (AvgIpc) is 2.50. The van der Waals surface area contributed by atoms with Gasteiger partial charge in [0, 0.05) is 8.59 Å². The van der Waals surface area contributed by atoms with Crippen molar-refractivity contribution in [2.24, 2.45) is 0 Å². The van der Waals surface area contributed by atoms with Crippen molar-refractivity contribution in [1.82, 2.24) is 0 Å². The van der Waals surface area contributed by atoms with Crippen molar-refractivity contribution in [2.75, 3.05) is 11.9 Å². The SMILES string of the molecule is O=C(COCc1ccccc1Cl)Nc1cc(C(F)(F)F)ccc1I. The highest BCUT2D eigenvalue weighted by Gasteiger charge is 2.31. The Bertz CT molecular complexity index is 738. The van der Waals surface area contributed by atoms with E-state index in [1.165, 1.54) is 6.07 Å². The molecule has 0 spiro atoms. The van der Waals surface area contributed by atoms with E-state index >= 15 is 0 Å². The first-order valence-electron chi connectivity index (χ1n) is 6.75. The molecular weight excluding hydrogens is 458 g/mol. The zero-order valence-electron chi connectivity index (χ0n) is 12.2. The van der Waals surface area contributed by atoms with Crippen molar-refractivity contribution in [3.8, 4) is 0 Å². The van der Waals surface area contributed by atoms with E-state index < -0.39 is 17.6 Å². The molecule has 2 rings (SSSR count). The maximum Gasteiger partial charge on any atom is 0.416 e. The molecule has 1 amide bonds. The van der Waals surface area contributed by atoms with Gasteiger partial charge in [-0.05, 0) is 52.4 Å². The monoisotopic (exact) mass is 469 g/mol. The lowest BCUT2D eigenvalue weighted by molar-refractivity contribution is -0.137. The van der Waals surface area contributed by atoms with Crippen LogP contribution in [0.1, 0.15) is 11.1 Å². The third-order valence-electron chi connectivity index (χ3n) is 3.02. The zero-order valence-corrected chi connectivity index (χ0v) is 15.1. The van der Waals surface area contributed by atoms with E-state index in [-0.39, 0.29) is 18.9 Å². The van der Waals surface area contributed by atoms with Crippen LogP contribution in [0.2, 0.25) is 5.02 Å². The summed E-state index contributed by atoms with van der Waals surface area (Å²) in [6.45, 7) is -0.162. The van der Waals surface area contributed by atoms with E-state index in [1.54, 1.807) is 24.3 Å². The Morgan fingerprint density at radius 3 is 2.58 bits per heavy atom. The Morgan fingerprint density at radius 2 is 1.92 bits per heavy atom. The van der Waals surface area contributed by atoms with Gasteiger partial charge in [0.25, 0.3) is 0 Å². The molecule has 0 aliphatic carbocycles. The van der Waals surface area contributed by atoms with Crippen LogP contribution in [0, 0.1) is 3.57 Å². The van der Waals surface area contributed by atoms with Crippen molar-refractivity contribution < 1.29 is 22.7 Å². The molecule has 0 fully saturated rings. The molecule has 0 aliphatic heterocycles. The molecule has 2 aromatic carbocycles. The number of hydrogen-bond acceptors (Lipinski definition) is 2. The molecule has 0 atom stereocenters. The number of amides is 1. The van der Waals surface area contributed by atoms with Gasteiger partial charge >= 0.3 is 6.18 Å². The highest BCUT2D eigenvalue weighted by Crippen LogP contribution is 2.32. The number of anilines is 1. The summed E-state index contributed by atoms with van der Waals surface area (Å²) in [6, 6.07) is 10.2. The van der Waals surface area contributed by atoms with Crippen LogP contribution in [0.15, 0.2) is 42.5 Å². The molecule has 0 aromatic heterocycles. The lowest BCUT2D eigenvalue weighted by atomic mass is 10.2. The average molecular weight is 470 g/mol. The van der Waals surface area contributed by atoms with Gasteiger partial charge in [0.2, 0.25) is 5.91 Å². The van der Waals surface area contributed by atoms with Crippen LogP contribution in [0.3, 0.4) is 0 Å². The van der Waals surface area contributed by atoms with E-state index in [1.807, 2.05) is 22.6 Å². The van der Waals surface area contributed by atoms with Crippen LogP contribution in [-0.2, 0) is 22.3 Å². The van der Waals surface area contributed by atoms with Crippen LogP contribution in [0.5, 0.6) is 0 Å². The van der Waals surface area contributed by atoms with Crippen LogP contribution in [0.25, 0.3) is 0 Å². The van der Waals surface area contributed by atoms with Gasteiger partial charge < -0.3 is 10.1 Å². The molecule has 0 aliphatic rings. The van der Waals surface area contributed by atoms with Crippen LogP contribution in [0.4, 0.5) is 18.9 Å². The van der Waals surface area contributed by atoms with Gasteiger partial charge in [0.05, 0.1) is 17.9 Å². The van der Waals surface area contributed by atoms with Gasteiger partial charge in [-0.3, -0.25) is 4.79 Å². The van der Waals surface area contributed by atoms with Crippen LogP contribution in [-0.4, -0.2) is 12.5 Å². The highest BCUT2D eigenvalue weighted by molar-refractivity contribution is 14.1. The minimum Gasteiger partial charge on any atom is -0.367 e. The van der Waals surface area contributed by atoms with E-state index in [4.69, 9.17) is 16.3 Å². The quantitative estimate of drug-likeness (QED) is 0.618. The number of carbonyl (C=O) groups excluding carboxylic acids is 1. The summed E-state index contributed by atoms with van der Waals surface area (Å²) in [7, 11) is 0. The predicted octanol–water partition coefficient (Wildman–Crippen LogP) is 5.12. The van der Waals surface area contributed by atoms with Gasteiger partial charge in [-0.15, -0.1) is 0 Å². The van der Waals surface area contributed by atoms with Gasteiger partial charge in [0.1, 0.15) is 6.61 Å². The fourth-order valence-corrected chi connectivity index (χ4v) is 2.51. The minimum atomic E-state index is -4.47. The highest BCUT2D eigenvalue weighted by atomic mass is 127. The van der Waals surface area contributed by atoms with Gasteiger partial charge in [-0.2, -0.15) is 13.2 Å². The second kappa shape index (κ2) is 8.17. The Labute approximate surface area is 155 Å². The molecule has 1 N–H and O–H groups in total. The number of halogens is 5. The summed E-state index contributed by atoms with van der Waals surface area (Å²) in [4.78, 5) is 11.8. The van der Waals surface area contributed by atoms with E-state index in [0.717, 1.165) is 17.7 Å². The molecule has 2 aromatic rings. The predicted molar refractivity (Wildman–Crippen MR) is 93.9 cm³/mol. The lowest BCUT2D eigenvalue weighted by Gasteiger charge is -2.12. The van der Waals surface area contributed by atoms with Crippen molar-refractivity contribution >= 4 is 45.8 Å². The third-order valence-corrected chi connectivity index (χ3v) is 4.33. The topological polar surface area (TPSA) is 38.3 Å². The molecular formula is C16H12ClF3INO2.